The molecule has 0 radical (unpaired) electrons. The van der Waals surface area contributed by atoms with Gasteiger partial charge in [0, 0.05) is 5.56 Å². The first-order valence-corrected chi connectivity index (χ1v) is 11.1. The second-order valence-electron chi connectivity index (χ2n) is 7.03. The van der Waals surface area contributed by atoms with E-state index < -0.39 is 0 Å². The third-order valence-corrected chi connectivity index (χ3v) is 6.02. The third-order valence-electron chi connectivity index (χ3n) is 5.03. The maximum absolute atomic E-state index is 13.6. The zero-order chi connectivity index (χ0) is 24.1. The smallest absolute Gasteiger partial charge is 0.280 e. The van der Waals surface area contributed by atoms with Crippen molar-refractivity contribution in [3.63, 3.8) is 0 Å². The Morgan fingerprint density at radius 1 is 0.853 bits per heavy atom. The molecular weight excluding hydrogens is 454 g/mol. The van der Waals surface area contributed by atoms with E-state index in [-0.39, 0.29) is 5.91 Å². The Hall–Kier alpha value is -4.11. The number of fused-ring (bicyclic) bond motifs is 1. The quantitative estimate of drug-likeness (QED) is 0.262. The SMILES string of the molecule is COc1ccc(/C=N/N(C(=O)c2ccc(OC)c(OC)c2)c2nc3ccc(OC)cc3s2)cc1. The van der Waals surface area contributed by atoms with Crippen molar-refractivity contribution in [2.45, 2.75) is 0 Å². The van der Waals surface area contributed by atoms with Gasteiger partial charge in [-0.1, -0.05) is 11.3 Å². The van der Waals surface area contributed by atoms with Crippen LogP contribution in [0.1, 0.15) is 15.9 Å². The highest BCUT2D eigenvalue weighted by molar-refractivity contribution is 7.22. The molecule has 8 nitrogen and oxygen atoms in total. The number of ether oxygens (including phenoxy) is 4. The first-order valence-electron chi connectivity index (χ1n) is 10.3. The van der Waals surface area contributed by atoms with Crippen LogP contribution in [-0.4, -0.2) is 45.5 Å². The molecule has 0 saturated heterocycles. The summed E-state index contributed by atoms with van der Waals surface area (Å²) in [5, 5.41) is 6.20. The molecule has 3 aromatic carbocycles. The van der Waals surface area contributed by atoms with Gasteiger partial charge in [-0.25, -0.2) is 4.98 Å². The third kappa shape index (κ3) is 4.79. The molecular formula is C25H23N3O5S. The molecule has 0 bridgehead atoms. The molecule has 0 aliphatic carbocycles. The standard InChI is InChI=1S/C25H23N3O5S/c1-30-18-8-5-16(6-9-18)15-26-28(24(29)17-7-12-21(32-3)22(13-17)33-4)25-27-20-11-10-19(31-2)14-23(20)34-25/h5-15H,1-4H3/b26-15+. The lowest BCUT2D eigenvalue weighted by Crippen LogP contribution is -2.25. The van der Waals surface area contributed by atoms with Gasteiger partial charge in [0.15, 0.2) is 11.5 Å². The summed E-state index contributed by atoms with van der Waals surface area (Å²) >= 11 is 1.34. The van der Waals surface area contributed by atoms with E-state index in [1.165, 1.54) is 23.5 Å². The number of nitrogens with zero attached hydrogens (tertiary/aromatic N) is 3. The predicted octanol–water partition coefficient (Wildman–Crippen LogP) is 5.01. The molecule has 0 atom stereocenters. The van der Waals surface area contributed by atoms with Crippen LogP contribution < -0.4 is 24.0 Å². The Morgan fingerprint density at radius 2 is 1.56 bits per heavy atom. The summed E-state index contributed by atoms with van der Waals surface area (Å²) in [7, 11) is 6.27. The number of carbonyl (C=O) groups is 1. The number of methoxy groups -OCH3 is 4. The zero-order valence-corrected chi connectivity index (χ0v) is 20.0. The van der Waals surface area contributed by atoms with Crippen molar-refractivity contribution in [3.05, 3.63) is 71.8 Å². The number of hydrogen-bond donors (Lipinski definition) is 0. The van der Waals surface area contributed by atoms with Crippen LogP contribution in [0.4, 0.5) is 5.13 Å². The Morgan fingerprint density at radius 3 is 2.24 bits per heavy atom. The summed E-state index contributed by atoms with van der Waals surface area (Å²) in [5.74, 6) is 2.05. The molecule has 1 amide bonds. The Bertz CT molecular complexity index is 1330. The van der Waals surface area contributed by atoms with Crippen LogP contribution in [0.5, 0.6) is 23.0 Å². The molecule has 4 rings (SSSR count). The van der Waals surface area contributed by atoms with E-state index in [1.807, 2.05) is 42.5 Å². The number of hydrogen-bond acceptors (Lipinski definition) is 8. The fourth-order valence-corrected chi connectivity index (χ4v) is 4.16. The molecule has 1 aromatic heterocycles. The number of rotatable bonds is 8. The average molecular weight is 478 g/mol. The zero-order valence-electron chi connectivity index (χ0n) is 19.1. The lowest BCUT2D eigenvalue weighted by atomic mass is 10.2. The van der Waals surface area contributed by atoms with E-state index in [9.17, 15) is 4.79 Å². The average Bonchev–Trinajstić information content (AvgIpc) is 3.31. The van der Waals surface area contributed by atoms with E-state index >= 15 is 0 Å². The van der Waals surface area contributed by atoms with Gasteiger partial charge in [0.05, 0.1) is 44.9 Å². The molecule has 0 saturated carbocycles. The molecule has 34 heavy (non-hydrogen) atoms. The van der Waals surface area contributed by atoms with Gasteiger partial charge in [-0.15, -0.1) is 0 Å². The van der Waals surface area contributed by atoms with Gasteiger partial charge in [0.1, 0.15) is 11.5 Å². The van der Waals surface area contributed by atoms with Gasteiger partial charge in [-0.3, -0.25) is 4.79 Å². The predicted molar refractivity (Wildman–Crippen MR) is 133 cm³/mol. The molecule has 0 fully saturated rings. The second-order valence-corrected chi connectivity index (χ2v) is 8.04. The van der Waals surface area contributed by atoms with Gasteiger partial charge in [-0.05, 0) is 66.2 Å². The van der Waals surface area contributed by atoms with Crippen molar-refractivity contribution in [2.24, 2.45) is 5.10 Å². The molecule has 0 aliphatic rings. The summed E-state index contributed by atoms with van der Waals surface area (Å²) in [5.41, 5.74) is 1.92. The molecule has 0 spiro atoms. The highest BCUT2D eigenvalue weighted by Crippen LogP contribution is 2.34. The summed E-state index contributed by atoms with van der Waals surface area (Å²) in [4.78, 5) is 18.2. The van der Waals surface area contributed by atoms with Crippen molar-refractivity contribution in [1.29, 1.82) is 0 Å². The van der Waals surface area contributed by atoms with Gasteiger partial charge in [-0.2, -0.15) is 10.1 Å². The minimum absolute atomic E-state index is 0.364. The van der Waals surface area contributed by atoms with E-state index in [1.54, 1.807) is 45.7 Å². The van der Waals surface area contributed by atoms with E-state index in [2.05, 4.69) is 10.1 Å². The number of anilines is 1. The number of amides is 1. The van der Waals surface area contributed by atoms with Crippen molar-refractivity contribution in [2.75, 3.05) is 33.4 Å². The first-order chi connectivity index (χ1) is 16.6. The first kappa shape index (κ1) is 23.1. The van der Waals surface area contributed by atoms with Crippen molar-refractivity contribution >= 4 is 38.8 Å². The normalized spacial score (nSPS) is 10.9. The molecule has 0 aliphatic heterocycles. The summed E-state index contributed by atoms with van der Waals surface area (Å²) in [6.45, 7) is 0. The minimum Gasteiger partial charge on any atom is -0.497 e. The molecule has 1 heterocycles. The van der Waals surface area contributed by atoms with E-state index in [0.29, 0.717) is 27.9 Å². The van der Waals surface area contributed by atoms with E-state index in [0.717, 1.165) is 21.5 Å². The highest BCUT2D eigenvalue weighted by Gasteiger charge is 2.22. The molecule has 9 heteroatoms. The lowest BCUT2D eigenvalue weighted by Gasteiger charge is -2.15. The number of carbonyl (C=O) groups excluding carboxylic acids is 1. The summed E-state index contributed by atoms with van der Waals surface area (Å²) in [6, 6.07) is 17.9. The molecule has 174 valence electrons. The number of hydrazone groups is 1. The van der Waals surface area contributed by atoms with Gasteiger partial charge < -0.3 is 18.9 Å². The maximum atomic E-state index is 13.6. The Kier molecular flexibility index (Phi) is 6.93. The van der Waals surface area contributed by atoms with Crippen molar-refractivity contribution < 1.29 is 23.7 Å². The number of aromatic nitrogens is 1. The molecule has 0 unspecified atom stereocenters. The maximum Gasteiger partial charge on any atom is 0.280 e. The highest BCUT2D eigenvalue weighted by atomic mass is 32.1. The van der Waals surface area contributed by atoms with Crippen molar-refractivity contribution in [3.8, 4) is 23.0 Å². The van der Waals surface area contributed by atoms with Crippen molar-refractivity contribution in [1.82, 2.24) is 4.98 Å². The van der Waals surface area contributed by atoms with Gasteiger partial charge in [0.25, 0.3) is 5.91 Å². The van der Waals surface area contributed by atoms with Gasteiger partial charge >= 0.3 is 0 Å². The molecule has 4 aromatic rings. The van der Waals surface area contributed by atoms with Gasteiger partial charge in [0.2, 0.25) is 5.13 Å². The van der Waals surface area contributed by atoms with Crippen LogP contribution in [0, 0.1) is 0 Å². The van der Waals surface area contributed by atoms with Crippen LogP contribution in [0.2, 0.25) is 0 Å². The number of benzene rings is 3. The fraction of sp³-hybridized carbons (Fsp3) is 0.160. The van der Waals surface area contributed by atoms with Crippen LogP contribution in [0.15, 0.2) is 65.8 Å². The van der Waals surface area contributed by atoms with Crippen LogP contribution in [-0.2, 0) is 0 Å². The largest absolute Gasteiger partial charge is 0.497 e. The Balaban J connectivity index is 1.75. The monoisotopic (exact) mass is 477 g/mol. The van der Waals surface area contributed by atoms with Crippen LogP contribution in [0.3, 0.4) is 0 Å². The number of thiazole rings is 1. The minimum atomic E-state index is -0.364. The fourth-order valence-electron chi connectivity index (χ4n) is 3.20. The van der Waals surface area contributed by atoms with E-state index in [4.69, 9.17) is 18.9 Å². The van der Waals surface area contributed by atoms with Crippen LogP contribution in [0.25, 0.3) is 10.2 Å². The second kappa shape index (κ2) is 10.2. The topological polar surface area (TPSA) is 82.5 Å². The molecule has 0 N–H and O–H groups in total. The summed E-state index contributed by atoms with van der Waals surface area (Å²) < 4.78 is 22.0. The lowest BCUT2D eigenvalue weighted by molar-refractivity contribution is 0.0987. The van der Waals surface area contributed by atoms with Crippen LogP contribution >= 0.6 is 11.3 Å². The Labute approximate surface area is 201 Å². The summed E-state index contributed by atoms with van der Waals surface area (Å²) in [6.07, 6.45) is 1.60.